The molecule has 0 aromatic rings. The Hall–Kier alpha value is -0.990. The van der Waals surface area contributed by atoms with E-state index in [2.05, 4.69) is 18.4 Å². The Balaban J connectivity index is 0. The molecule has 0 aliphatic heterocycles. The first-order valence-electron chi connectivity index (χ1n) is 15.4. The van der Waals surface area contributed by atoms with Crippen LogP contribution in [-0.2, 0) is 28.2 Å². The number of aliphatic hydroxyl groups is 1. The summed E-state index contributed by atoms with van der Waals surface area (Å²) in [5, 5.41) is 7.57. The fraction of sp³-hybridized carbons (Fsp3) is 0.931. The maximum absolute atomic E-state index is 12.2. The number of carbonyl (C=O) groups excluding carboxylic acids is 2. The summed E-state index contributed by atoms with van der Waals surface area (Å²) in [6.07, 6.45) is 19.9. The van der Waals surface area contributed by atoms with E-state index in [1.54, 1.807) is 6.92 Å². The molecule has 0 aliphatic rings. The van der Waals surface area contributed by atoms with Crippen LogP contribution in [0.5, 0.6) is 0 Å². The van der Waals surface area contributed by atoms with Crippen molar-refractivity contribution in [2.24, 2.45) is 0 Å². The number of hydrogen-bond acceptors (Lipinski definition) is 7. The zero-order chi connectivity index (χ0) is 29.6. The Morgan fingerprint density at radius 2 is 0.974 bits per heavy atom. The molecular weight excluding hydrogens is 523 g/mol. The van der Waals surface area contributed by atoms with Gasteiger partial charge >= 0.3 is 19.8 Å². The topological polar surface area (TPSA) is 140 Å². The maximum Gasteiger partial charge on any atom is 0.469 e. The van der Waals surface area contributed by atoms with Crippen LogP contribution >= 0.6 is 7.82 Å². The molecule has 0 fully saturated rings. The van der Waals surface area contributed by atoms with Gasteiger partial charge in [-0.2, -0.15) is 0 Å². The van der Waals surface area contributed by atoms with Crippen LogP contribution in [0, 0.1) is 0 Å². The van der Waals surface area contributed by atoms with Crippen molar-refractivity contribution in [3.8, 4) is 0 Å². The van der Waals surface area contributed by atoms with E-state index in [9.17, 15) is 14.2 Å². The van der Waals surface area contributed by atoms with Crippen molar-refractivity contribution in [3.63, 3.8) is 0 Å². The van der Waals surface area contributed by atoms with Gasteiger partial charge in [-0.05, 0) is 19.8 Å². The van der Waals surface area contributed by atoms with Crippen molar-refractivity contribution < 1.29 is 43.0 Å². The van der Waals surface area contributed by atoms with E-state index in [0.717, 1.165) is 38.5 Å². The van der Waals surface area contributed by atoms with E-state index in [0.29, 0.717) is 6.42 Å². The molecule has 0 aromatic carbocycles. The first-order chi connectivity index (χ1) is 18.7. The van der Waals surface area contributed by atoms with Gasteiger partial charge in [0, 0.05) is 19.4 Å². The van der Waals surface area contributed by atoms with Crippen molar-refractivity contribution in [2.75, 3.05) is 19.8 Å². The van der Waals surface area contributed by atoms with Crippen LogP contribution in [0.3, 0.4) is 0 Å². The van der Waals surface area contributed by atoms with Gasteiger partial charge in [-0.15, -0.1) is 0 Å². The van der Waals surface area contributed by atoms with Crippen LogP contribution < -0.4 is 0 Å². The monoisotopic (exact) mass is 582 g/mol. The Kier molecular flexibility index (Phi) is 30.9. The van der Waals surface area contributed by atoms with Crippen molar-refractivity contribution in [1.29, 1.82) is 0 Å². The summed E-state index contributed by atoms with van der Waals surface area (Å²) >= 11 is 0. The molecule has 0 heterocycles. The van der Waals surface area contributed by atoms with E-state index in [4.69, 9.17) is 24.4 Å². The van der Waals surface area contributed by atoms with Crippen LogP contribution in [-0.4, -0.2) is 52.8 Å². The van der Waals surface area contributed by atoms with E-state index in [1.165, 1.54) is 70.6 Å². The van der Waals surface area contributed by atoms with Crippen LogP contribution in [0.2, 0.25) is 0 Å². The molecule has 0 saturated heterocycles. The summed E-state index contributed by atoms with van der Waals surface area (Å²) in [6.45, 7) is 5.53. The molecule has 0 radical (unpaired) electrons. The number of phosphoric ester groups is 1. The lowest BCUT2D eigenvalue weighted by Gasteiger charge is -2.18. The molecule has 0 saturated carbocycles. The Bertz CT molecular complexity index is 595. The largest absolute Gasteiger partial charge is 0.469 e. The first kappa shape index (κ1) is 40.2. The third kappa shape index (κ3) is 35.0. The summed E-state index contributed by atoms with van der Waals surface area (Å²) in [5.74, 6) is -0.888. The molecule has 234 valence electrons. The fourth-order valence-corrected chi connectivity index (χ4v) is 4.32. The highest BCUT2D eigenvalue weighted by atomic mass is 31.2. The molecule has 10 heteroatoms. The second kappa shape index (κ2) is 30.0. The average molecular weight is 583 g/mol. The molecule has 39 heavy (non-hydrogen) atoms. The van der Waals surface area contributed by atoms with Gasteiger partial charge in [0.1, 0.15) is 6.61 Å². The number of esters is 2. The van der Waals surface area contributed by atoms with Crippen molar-refractivity contribution in [3.05, 3.63) is 0 Å². The molecule has 3 N–H and O–H groups in total. The molecule has 0 unspecified atom stereocenters. The number of ether oxygens (including phenoxy) is 2. The summed E-state index contributed by atoms with van der Waals surface area (Å²) in [4.78, 5) is 42.1. The number of unbranched alkanes of at least 4 members (excludes halogenated alkanes) is 16. The van der Waals surface area contributed by atoms with Crippen LogP contribution in [0.4, 0.5) is 0 Å². The SMILES string of the molecule is CCCCCCCCCCCC(=O)OC[C@H](COP(=O)(O)O)OC(=O)CCCCCCCCCCC.CCO. The molecule has 0 aromatic heterocycles. The second-order valence-corrected chi connectivity index (χ2v) is 11.3. The average Bonchev–Trinajstić information content (AvgIpc) is 2.88. The van der Waals surface area contributed by atoms with Crippen LogP contribution in [0.25, 0.3) is 0 Å². The van der Waals surface area contributed by atoms with E-state index in [1.807, 2.05) is 0 Å². The lowest BCUT2D eigenvalue weighted by molar-refractivity contribution is -0.161. The van der Waals surface area contributed by atoms with Crippen molar-refractivity contribution in [1.82, 2.24) is 0 Å². The normalized spacial score (nSPS) is 11.9. The number of carbonyl (C=O) groups is 2. The van der Waals surface area contributed by atoms with Gasteiger partial charge in [0.05, 0.1) is 6.61 Å². The maximum atomic E-state index is 12.2. The van der Waals surface area contributed by atoms with E-state index in [-0.39, 0.29) is 26.1 Å². The standard InChI is InChI=1S/C27H53O8P.C2H6O/c1-3-5-7-9-11-13-15-17-19-21-26(28)33-23-25(24-34-36(30,31)32)35-27(29)22-20-18-16-14-12-10-8-6-4-2;1-2-3/h25H,3-24H2,1-2H3,(H2,30,31,32);3H,2H2,1H3/t25-;/m1./s1. The van der Waals surface area contributed by atoms with Gasteiger partial charge in [0.15, 0.2) is 6.10 Å². The van der Waals surface area contributed by atoms with Crippen molar-refractivity contribution >= 4 is 19.8 Å². The van der Waals surface area contributed by atoms with Crippen LogP contribution in [0.1, 0.15) is 149 Å². The summed E-state index contributed by atoms with van der Waals surface area (Å²) in [7, 11) is -4.72. The Morgan fingerprint density at radius 1 is 0.615 bits per heavy atom. The van der Waals surface area contributed by atoms with Gasteiger partial charge in [-0.25, -0.2) is 4.57 Å². The molecule has 0 rings (SSSR count). The summed E-state index contributed by atoms with van der Waals surface area (Å²) in [5.41, 5.74) is 0. The predicted molar refractivity (Wildman–Crippen MR) is 155 cm³/mol. The smallest absolute Gasteiger partial charge is 0.462 e. The highest BCUT2D eigenvalue weighted by Gasteiger charge is 2.22. The number of phosphoric acid groups is 1. The quantitative estimate of drug-likeness (QED) is 0.0541. The lowest BCUT2D eigenvalue weighted by atomic mass is 10.1. The molecule has 0 bridgehead atoms. The fourth-order valence-electron chi connectivity index (χ4n) is 3.96. The van der Waals surface area contributed by atoms with Gasteiger partial charge in [-0.1, -0.05) is 117 Å². The molecule has 0 aliphatic carbocycles. The second-order valence-electron chi connectivity index (χ2n) is 10.1. The van der Waals surface area contributed by atoms with Gasteiger partial charge in [-0.3, -0.25) is 14.1 Å². The summed E-state index contributed by atoms with van der Waals surface area (Å²) < 4.78 is 26.0. The van der Waals surface area contributed by atoms with E-state index >= 15 is 0 Å². The highest BCUT2D eigenvalue weighted by molar-refractivity contribution is 7.46. The minimum absolute atomic E-state index is 0.217. The number of hydrogen-bond donors (Lipinski definition) is 3. The Labute approximate surface area is 238 Å². The predicted octanol–water partition coefficient (Wildman–Crippen LogP) is 7.39. The molecule has 1 atom stereocenters. The molecule has 0 amide bonds. The third-order valence-electron chi connectivity index (χ3n) is 6.13. The lowest BCUT2D eigenvalue weighted by Crippen LogP contribution is -2.29. The number of aliphatic hydroxyl groups excluding tert-OH is 1. The number of rotatable bonds is 26. The van der Waals surface area contributed by atoms with Gasteiger partial charge in [0.2, 0.25) is 0 Å². The Morgan fingerprint density at radius 3 is 1.36 bits per heavy atom. The van der Waals surface area contributed by atoms with E-state index < -0.39 is 32.5 Å². The highest BCUT2D eigenvalue weighted by Crippen LogP contribution is 2.35. The molecule has 0 spiro atoms. The third-order valence-corrected chi connectivity index (χ3v) is 6.61. The van der Waals surface area contributed by atoms with Gasteiger partial charge < -0.3 is 24.4 Å². The van der Waals surface area contributed by atoms with Crippen molar-refractivity contribution in [2.45, 2.75) is 155 Å². The van der Waals surface area contributed by atoms with Crippen LogP contribution in [0.15, 0.2) is 0 Å². The molecular formula is C29H59O9P. The summed E-state index contributed by atoms with van der Waals surface area (Å²) in [6, 6.07) is 0. The zero-order valence-electron chi connectivity index (χ0n) is 25.1. The first-order valence-corrected chi connectivity index (χ1v) is 16.9. The van der Waals surface area contributed by atoms with Gasteiger partial charge in [0.25, 0.3) is 0 Å². The zero-order valence-corrected chi connectivity index (χ0v) is 26.0. The minimum Gasteiger partial charge on any atom is -0.462 e. The molecule has 9 nitrogen and oxygen atoms in total. The minimum atomic E-state index is -4.72.